The van der Waals surface area contributed by atoms with E-state index >= 15 is 0 Å². The van der Waals surface area contributed by atoms with E-state index in [1.54, 1.807) is 25.0 Å². The van der Waals surface area contributed by atoms with E-state index in [-0.39, 0.29) is 0 Å². The van der Waals surface area contributed by atoms with Crippen molar-refractivity contribution in [2.24, 2.45) is 12.0 Å². The molecule has 22 heavy (non-hydrogen) atoms. The van der Waals surface area contributed by atoms with Crippen molar-refractivity contribution < 1.29 is 4.74 Å². The SMILES string of the molecule is CN=C(NCCNc1ncnc2c1cnn2C)NCCOC. The Bertz CT molecular complexity index is 624. The van der Waals surface area contributed by atoms with Crippen LogP contribution in [0.25, 0.3) is 11.0 Å². The van der Waals surface area contributed by atoms with Crippen LogP contribution in [0, 0.1) is 0 Å². The number of aromatic nitrogens is 4. The van der Waals surface area contributed by atoms with E-state index < -0.39 is 0 Å². The van der Waals surface area contributed by atoms with Gasteiger partial charge in [-0.3, -0.25) is 9.67 Å². The highest BCUT2D eigenvalue weighted by Gasteiger charge is 2.06. The number of ether oxygens (including phenoxy) is 1. The van der Waals surface area contributed by atoms with Gasteiger partial charge in [-0.1, -0.05) is 0 Å². The fourth-order valence-electron chi connectivity index (χ4n) is 1.96. The average molecular weight is 306 g/mol. The summed E-state index contributed by atoms with van der Waals surface area (Å²) >= 11 is 0. The van der Waals surface area contributed by atoms with Gasteiger partial charge < -0.3 is 20.7 Å². The number of guanidine groups is 1. The molecule has 0 aliphatic heterocycles. The number of aryl methyl sites for hydroxylation is 1. The van der Waals surface area contributed by atoms with Crippen molar-refractivity contribution in [2.45, 2.75) is 0 Å². The molecule has 120 valence electrons. The highest BCUT2D eigenvalue weighted by atomic mass is 16.5. The molecular formula is C13H22N8O. The largest absolute Gasteiger partial charge is 0.383 e. The zero-order chi connectivity index (χ0) is 15.8. The second-order valence-electron chi connectivity index (χ2n) is 4.57. The molecule has 9 nitrogen and oxygen atoms in total. The fourth-order valence-corrected chi connectivity index (χ4v) is 1.96. The molecule has 2 heterocycles. The quantitative estimate of drug-likeness (QED) is 0.363. The number of nitrogens with one attached hydrogen (secondary N) is 3. The van der Waals surface area contributed by atoms with E-state index in [4.69, 9.17) is 4.74 Å². The normalized spacial score (nSPS) is 11.7. The van der Waals surface area contributed by atoms with Crippen LogP contribution >= 0.6 is 0 Å². The summed E-state index contributed by atoms with van der Waals surface area (Å²) < 4.78 is 6.71. The number of rotatable bonds is 7. The molecule has 0 aliphatic rings. The van der Waals surface area contributed by atoms with Crippen molar-refractivity contribution in [3.8, 4) is 0 Å². The Morgan fingerprint density at radius 3 is 2.86 bits per heavy atom. The summed E-state index contributed by atoms with van der Waals surface area (Å²) in [5.41, 5.74) is 0.808. The van der Waals surface area contributed by atoms with E-state index in [1.807, 2.05) is 7.05 Å². The van der Waals surface area contributed by atoms with Gasteiger partial charge in [0, 0.05) is 40.8 Å². The summed E-state index contributed by atoms with van der Waals surface area (Å²) in [6, 6.07) is 0. The minimum Gasteiger partial charge on any atom is -0.383 e. The first-order valence-corrected chi connectivity index (χ1v) is 7.06. The third-order valence-electron chi connectivity index (χ3n) is 3.06. The van der Waals surface area contributed by atoms with Gasteiger partial charge >= 0.3 is 0 Å². The van der Waals surface area contributed by atoms with E-state index in [1.165, 1.54) is 6.33 Å². The average Bonchev–Trinajstić information content (AvgIpc) is 2.92. The zero-order valence-electron chi connectivity index (χ0n) is 13.1. The van der Waals surface area contributed by atoms with Crippen LogP contribution in [0.4, 0.5) is 5.82 Å². The Kier molecular flexibility index (Phi) is 5.90. The van der Waals surface area contributed by atoms with Gasteiger partial charge in [0.1, 0.15) is 12.1 Å². The molecule has 0 saturated heterocycles. The second kappa shape index (κ2) is 8.13. The topological polar surface area (TPSA) is 101 Å². The highest BCUT2D eigenvalue weighted by molar-refractivity contribution is 5.86. The smallest absolute Gasteiger partial charge is 0.191 e. The maximum Gasteiger partial charge on any atom is 0.191 e. The molecule has 0 atom stereocenters. The first-order valence-electron chi connectivity index (χ1n) is 7.06. The number of nitrogens with zero attached hydrogens (tertiary/aromatic N) is 5. The van der Waals surface area contributed by atoms with Crippen LogP contribution in [0.5, 0.6) is 0 Å². The molecule has 0 spiro atoms. The minimum absolute atomic E-state index is 0.638. The summed E-state index contributed by atoms with van der Waals surface area (Å²) in [7, 11) is 5.26. The van der Waals surface area contributed by atoms with Crippen LogP contribution in [0.2, 0.25) is 0 Å². The number of hydrogen-bond donors (Lipinski definition) is 3. The van der Waals surface area contributed by atoms with Crippen molar-refractivity contribution in [2.75, 3.05) is 45.7 Å². The van der Waals surface area contributed by atoms with Gasteiger partial charge in [-0.15, -0.1) is 0 Å². The first-order chi connectivity index (χ1) is 10.8. The molecular weight excluding hydrogens is 284 g/mol. The molecule has 2 rings (SSSR count). The maximum atomic E-state index is 4.98. The van der Waals surface area contributed by atoms with Crippen LogP contribution in [-0.2, 0) is 11.8 Å². The Morgan fingerprint density at radius 1 is 1.27 bits per heavy atom. The summed E-state index contributed by atoms with van der Waals surface area (Å²) in [4.78, 5) is 12.6. The van der Waals surface area contributed by atoms with Crippen LogP contribution < -0.4 is 16.0 Å². The van der Waals surface area contributed by atoms with Gasteiger partial charge in [0.15, 0.2) is 11.6 Å². The zero-order valence-corrected chi connectivity index (χ0v) is 13.1. The lowest BCUT2D eigenvalue weighted by Crippen LogP contribution is -2.40. The summed E-state index contributed by atoms with van der Waals surface area (Å²) in [6.07, 6.45) is 3.29. The predicted molar refractivity (Wildman–Crippen MR) is 86.0 cm³/mol. The minimum atomic E-state index is 0.638. The van der Waals surface area contributed by atoms with Crippen molar-refractivity contribution in [3.05, 3.63) is 12.5 Å². The predicted octanol–water partition coefficient (Wildman–Crippen LogP) is -0.413. The monoisotopic (exact) mass is 306 g/mol. The highest BCUT2D eigenvalue weighted by Crippen LogP contribution is 2.16. The van der Waals surface area contributed by atoms with Gasteiger partial charge in [0.25, 0.3) is 0 Å². The molecule has 0 aromatic carbocycles. The fraction of sp³-hybridized carbons (Fsp3) is 0.538. The molecule has 0 radical (unpaired) electrons. The van der Waals surface area contributed by atoms with Gasteiger partial charge in [-0.05, 0) is 0 Å². The van der Waals surface area contributed by atoms with Crippen LogP contribution in [0.3, 0.4) is 0 Å². The summed E-state index contributed by atoms with van der Waals surface area (Å²) in [5.74, 6) is 1.52. The molecule has 0 bridgehead atoms. The molecule has 0 amide bonds. The third kappa shape index (κ3) is 4.04. The lowest BCUT2D eigenvalue weighted by atomic mass is 10.4. The van der Waals surface area contributed by atoms with Crippen molar-refractivity contribution >= 4 is 22.8 Å². The Balaban J connectivity index is 1.80. The number of methoxy groups -OCH3 is 1. The Labute approximate surface area is 129 Å². The molecule has 2 aromatic rings. The van der Waals surface area contributed by atoms with Gasteiger partial charge in [0.05, 0.1) is 18.2 Å². The Hall–Kier alpha value is -2.42. The number of anilines is 1. The van der Waals surface area contributed by atoms with E-state index in [0.29, 0.717) is 26.2 Å². The molecule has 0 fully saturated rings. The molecule has 0 aliphatic carbocycles. The van der Waals surface area contributed by atoms with Crippen LogP contribution in [0.1, 0.15) is 0 Å². The number of hydrogen-bond acceptors (Lipinski definition) is 6. The summed E-state index contributed by atoms with van der Waals surface area (Å²) in [6.45, 7) is 2.76. The number of aliphatic imine (C=N–C) groups is 1. The maximum absolute atomic E-state index is 4.98. The van der Waals surface area contributed by atoms with Gasteiger partial charge in [0.2, 0.25) is 0 Å². The molecule has 9 heteroatoms. The third-order valence-corrected chi connectivity index (χ3v) is 3.06. The van der Waals surface area contributed by atoms with E-state index in [2.05, 4.69) is 36.0 Å². The standard InChI is InChI=1S/C13H22N8O/c1-14-13(17-6-7-22-3)16-5-4-15-11-10-8-20-21(2)12(10)19-9-18-11/h8-9H,4-7H2,1-3H3,(H2,14,16,17)(H,15,18,19). The molecule has 2 aromatic heterocycles. The lowest BCUT2D eigenvalue weighted by Gasteiger charge is -2.12. The van der Waals surface area contributed by atoms with Crippen molar-refractivity contribution in [3.63, 3.8) is 0 Å². The Morgan fingerprint density at radius 2 is 2.09 bits per heavy atom. The number of fused-ring (bicyclic) bond motifs is 1. The van der Waals surface area contributed by atoms with Gasteiger partial charge in [-0.25, -0.2) is 9.97 Å². The summed E-state index contributed by atoms with van der Waals surface area (Å²) in [5, 5.41) is 14.7. The molecule has 3 N–H and O–H groups in total. The van der Waals surface area contributed by atoms with E-state index in [9.17, 15) is 0 Å². The molecule has 0 saturated carbocycles. The van der Waals surface area contributed by atoms with Crippen LogP contribution in [-0.4, -0.2) is 66.1 Å². The lowest BCUT2D eigenvalue weighted by molar-refractivity contribution is 0.203. The van der Waals surface area contributed by atoms with Crippen molar-refractivity contribution in [1.29, 1.82) is 0 Å². The van der Waals surface area contributed by atoms with Crippen molar-refractivity contribution in [1.82, 2.24) is 30.4 Å². The first kappa shape index (κ1) is 16.0. The van der Waals surface area contributed by atoms with Gasteiger partial charge in [-0.2, -0.15) is 5.10 Å². The molecule has 0 unspecified atom stereocenters. The van der Waals surface area contributed by atoms with Crippen LogP contribution in [0.15, 0.2) is 17.5 Å². The van der Waals surface area contributed by atoms with E-state index in [0.717, 1.165) is 22.8 Å². The second-order valence-corrected chi connectivity index (χ2v) is 4.57.